The van der Waals surface area contributed by atoms with Crippen LogP contribution < -0.4 is 16.0 Å². The fourth-order valence-electron chi connectivity index (χ4n) is 9.54. The van der Waals surface area contributed by atoms with Gasteiger partial charge in [0.15, 0.2) is 18.9 Å². The second kappa shape index (κ2) is 26.7. The lowest BCUT2D eigenvalue weighted by Gasteiger charge is -2.50. The number of carbonyl (C=O) groups excluding carboxylic acids is 3. The highest BCUT2D eigenvalue weighted by Crippen LogP contribution is 2.39. The van der Waals surface area contributed by atoms with E-state index in [1.54, 1.807) is 0 Å². The van der Waals surface area contributed by atoms with Gasteiger partial charge in [0, 0.05) is 33.6 Å². The van der Waals surface area contributed by atoms with Crippen LogP contribution in [0.15, 0.2) is 0 Å². The average molecular weight is 1130 g/mol. The Morgan fingerprint density at radius 3 is 1.49 bits per heavy atom. The van der Waals surface area contributed by atoms with Crippen LogP contribution in [0, 0.1) is 0 Å². The number of rotatable bonds is 22. The number of nitrogens with one attached hydrogen (secondary N) is 3. The molecule has 444 valence electrons. The number of aliphatic hydroxyl groups is 16. The third-order valence-electron chi connectivity index (χ3n) is 13.5. The van der Waals surface area contributed by atoms with Gasteiger partial charge < -0.3 is 150 Å². The fraction of sp³-hybridized carbons (Fsp3) is 0.881. The van der Waals surface area contributed by atoms with Gasteiger partial charge in [0.2, 0.25) is 17.7 Å². The molecule has 5 saturated heterocycles. The van der Waals surface area contributed by atoms with Crippen LogP contribution in [0.3, 0.4) is 0 Å². The molecule has 0 spiro atoms. The quantitative estimate of drug-likeness (QED) is 0.0479. The number of carbonyl (C=O) groups is 5. The van der Waals surface area contributed by atoms with Gasteiger partial charge in [0.1, 0.15) is 110 Å². The van der Waals surface area contributed by atoms with Crippen molar-refractivity contribution in [3.63, 3.8) is 0 Å². The highest BCUT2D eigenvalue weighted by molar-refractivity contribution is 5.77. The molecule has 27 atom stereocenters. The topological polar surface area (TPSA) is 569 Å². The number of aliphatic carboxylic acids is 2. The fourth-order valence-corrected chi connectivity index (χ4v) is 9.54. The van der Waals surface area contributed by atoms with E-state index in [1.165, 1.54) is 0 Å². The van der Waals surface area contributed by atoms with Crippen LogP contribution in [0.25, 0.3) is 0 Å². The highest BCUT2D eigenvalue weighted by Gasteiger charge is 2.61. The summed E-state index contributed by atoms with van der Waals surface area (Å²) in [6.07, 6.45) is -48.0. The summed E-state index contributed by atoms with van der Waals surface area (Å²) in [7, 11) is 0. The van der Waals surface area contributed by atoms with Crippen molar-refractivity contribution in [3.8, 4) is 0 Å². The summed E-state index contributed by atoms with van der Waals surface area (Å²) in [4.78, 5) is 63.0. The van der Waals surface area contributed by atoms with E-state index >= 15 is 0 Å². The molecule has 5 rings (SSSR count). The number of amides is 3. The molecule has 5 aliphatic rings. The Balaban J connectivity index is 1.41. The molecule has 0 unspecified atom stereocenters. The molecule has 3 amide bonds. The van der Waals surface area contributed by atoms with Crippen molar-refractivity contribution in [2.75, 3.05) is 33.0 Å². The Morgan fingerprint density at radius 1 is 0.545 bits per heavy atom. The molecule has 0 aromatic rings. The van der Waals surface area contributed by atoms with Crippen molar-refractivity contribution in [1.29, 1.82) is 0 Å². The number of hydrogen-bond acceptors (Lipinski definition) is 30. The standard InChI is InChI=1S/C42H69N3O32/c1-11(50)43-21-15(54)5-42(40(67)68,77-34(21)24(56)16(55)6-46)75-17(7-47)26(58)35-22(44-12(2)51)14(53)4-41(76-35,39(65)66)69-10-20-25(57)27(59)23(45-13(3)52)37(72-20)73-33-19(9-49)71-38(31(63)29(33)61)74-32-18(8-48)70-36(64)30(62)28(32)60/h14-38,46-49,53-64H,4-10H2,1-3H3,(H,43,50)(H,44,51)(H,45,52)(H,65,66)(H,67,68)/t14-,15-,16+,17+,18+,19+,20+,21+,22+,23+,24+,25-,26+,27+,28+,29+,30+,31+,32+,33-,34+,35+,36+,37-,38-,41+,42+/m0/s1. The van der Waals surface area contributed by atoms with Gasteiger partial charge in [-0.1, -0.05) is 0 Å². The zero-order valence-electron chi connectivity index (χ0n) is 41.1. The smallest absolute Gasteiger partial charge is 0.364 e. The number of carboxylic acids is 2. The third kappa shape index (κ3) is 14.1. The van der Waals surface area contributed by atoms with E-state index < -0.39 is 240 Å². The molecule has 21 N–H and O–H groups in total. The van der Waals surface area contributed by atoms with Crippen LogP contribution in [0.5, 0.6) is 0 Å². The minimum absolute atomic E-state index is 0.850. The van der Waals surface area contributed by atoms with E-state index in [0.29, 0.717) is 0 Å². The molecule has 77 heavy (non-hydrogen) atoms. The molecule has 0 aromatic heterocycles. The SMILES string of the molecule is CC(=O)N[C@H]1[C@H](O[C@@H]2[C@H](O)[C@@H](O)[C@H](O[C@H]3[C@H](O)[C@@H](O)[C@H](O)O[C@@H]3CO)O[C@@H]2CO)O[C@H](CO[C@]2(C(=O)O)C[C@H](O)[C@@H](NC(C)=O)[C@H]([C@H](O)[C@@H](CO)O[C@]3(C(=O)O)C[C@H](O)[C@@H](NC(C)=O)[C@H]([C@H](O)[C@H](O)CO)O3)O2)[C@H](O)[C@@H]1O. The van der Waals surface area contributed by atoms with Crippen molar-refractivity contribution in [1.82, 2.24) is 16.0 Å². The molecule has 0 bridgehead atoms. The molecule has 5 fully saturated rings. The first kappa shape index (κ1) is 64.2. The van der Waals surface area contributed by atoms with E-state index in [-0.39, 0.29) is 0 Å². The van der Waals surface area contributed by atoms with Crippen LogP contribution in [0.2, 0.25) is 0 Å². The second-order valence-electron chi connectivity index (χ2n) is 19.0. The lowest BCUT2D eigenvalue weighted by atomic mass is 9.87. The molecule has 35 heteroatoms. The second-order valence-corrected chi connectivity index (χ2v) is 19.0. The minimum Gasteiger partial charge on any atom is -0.477 e. The molecule has 0 saturated carbocycles. The van der Waals surface area contributed by atoms with Gasteiger partial charge in [-0.15, -0.1) is 0 Å². The van der Waals surface area contributed by atoms with Crippen LogP contribution in [0.1, 0.15) is 33.6 Å². The normalized spacial score (nSPS) is 43.2. The first-order chi connectivity index (χ1) is 36.0. The lowest BCUT2D eigenvalue weighted by Crippen LogP contribution is -2.71. The van der Waals surface area contributed by atoms with Gasteiger partial charge in [-0.2, -0.15) is 0 Å². The van der Waals surface area contributed by atoms with Crippen molar-refractivity contribution < 1.29 is 159 Å². The van der Waals surface area contributed by atoms with Crippen LogP contribution in [-0.2, 0) is 66.6 Å². The summed E-state index contributed by atoms with van der Waals surface area (Å²) in [6.45, 7) is -2.98. The van der Waals surface area contributed by atoms with E-state index in [0.717, 1.165) is 20.8 Å². The molecule has 0 aliphatic carbocycles. The van der Waals surface area contributed by atoms with E-state index in [1.807, 2.05) is 0 Å². The maximum Gasteiger partial charge on any atom is 0.364 e. The summed E-state index contributed by atoms with van der Waals surface area (Å²) in [5, 5.41) is 199. The van der Waals surface area contributed by atoms with Gasteiger partial charge in [0.05, 0.1) is 57.3 Å². The van der Waals surface area contributed by atoms with Gasteiger partial charge in [-0.3, -0.25) is 14.4 Å². The first-order valence-electron chi connectivity index (χ1n) is 23.8. The van der Waals surface area contributed by atoms with Crippen molar-refractivity contribution in [3.05, 3.63) is 0 Å². The zero-order valence-corrected chi connectivity index (χ0v) is 41.1. The van der Waals surface area contributed by atoms with Crippen molar-refractivity contribution >= 4 is 29.7 Å². The summed E-state index contributed by atoms with van der Waals surface area (Å²) >= 11 is 0. The number of carboxylic acid groups (broad SMARTS) is 2. The average Bonchev–Trinajstić information content (AvgIpc) is 3.37. The number of aliphatic hydroxyl groups excluding tert-OH is 16. The van der Waals surface area contributed by atoms with Crippen molar-refractivity contribution in [2.24, 2.45) is 0 Å². The van der Waals surface area contributed by atoms with E-state index in [2.05, 4.69) is 16.0 Å². The number of hydrogen-bond donors (Lipinski definition) is 21. The maximum atomic E-state index is 13.2. The zero-order chi connectivity index (χ0) is 57.8. The van der Waals surface area contributed by atoms with Gasteiger partial charge >= 0.3 is 11.9 Å². The van der Waals surface area contributed by atoms with Crippen LogP contribution in [0.4, 0.5) is 0 Å². The molecular weight excluding hydrogens is 1060 g/mol. The van der Waals surface area contributed by atoms with Gasteiger partial charge in [-0.05, 0) is 0 Å². The van der Waals surface area contributed by atoms with Crippen LogP contribution >= 0.6 is 0 Å². The Morgan fingerprint density at radius 2 is 1.00 bits per heavy atom. The summed E-state index contributed by atoms with van der Waals surface area (Å²) in [5.41, 5.74) is 0. The molecule has 0 radical (unpaired) electrons. The highest BCUT2D eigenvalue weighted by atomic mass is 16.8. The maximum absolute atomic E-state index is 13.2. The Kier molecular flexibility index (Phi) is 22.3. The molecular formula is C42H69N3O32. The van der Waals surface area contributed by atoms with E-state index in [4.69, 9.17) is 42.6 Å². The molecule has 0 aromatic carbocycles. The monoisotopic (exact) mass is 1130 g/mol. The molecule has 5 aliphatic heterocycles. The number of ether oxygens (including phenoxy) is 9. The minimum atomic E-state index is -3.25. The predicted octanol–water partition coefficient (Wildman–Crippen LogP) is -13.1. The van der Waals surface area contributed by atoms with E-state index in [9.17, 15) is 116 Å². The third-order valence-corrected chi connectivity index (χ3v) is 13.5. The largest absolute Gasteiger partial charge is 0.477 e. The Bertz CT molecular complexity index is 2000. The first-order valence-corrected chi connectivity index (χ1v) is 23.8. The van der Waals surface area contributed by atoms with Crippen molar-refractivity contribution in [2.45, 2.75) is 198 Å². The van der Waals surface area contributed by atoms with Gasteiger partial charge in [-0.25, -0.2) is 9.59 Å². The Labute approximate surface area is 434 Å². The Hall–Kier alpha value is -3.65. The molecule has 5 heterocycles. The van der Waals surface area contributed by atoms with Crippen LogP contribution in [-0.4, -0.2) is 319 Å². The molecule has 35 nitrogen and oxygen atoms in total. The predicted molar refractivity (Wildman–Crippen MR) is 236 cm³/mol. The summed E-state index contributed by atoms with van der Waals surface area (Å²) in [6, 6.07) is -5.39. The summed E-state index contributed by atoms with van der Waals surface area (Å²) < 4.78 is 50.4. The van der Waals surface area contributed by atoms with Gasteiger partial charge in [0.25, 0.3) is 11.6 Å². The summed E-state index contributed by atoms with van der Waals surface area (Å²) in [5.74, 6) is -13.4. The lowest BCUT2D eigenvalue weighted by molar-refractivity contribution is -0.374.